The van der Waals surface area contributed by atoms with Gasteiger partial charge in [0.1, 0.15) is 5.54 Å². The topological polar surface area (TPSA) is 50.2 Å². The van der Waals surface area contributed by atoms with E-state index in [0.29, 0.717) is 6.54 Å². The van der Waals surface area contributed by atoms with Gasteiger partial charge in [-0.3, -0.25) is 9.48 Å². The first-order valence-electron chi connectivity index (χ1n) is 7.73. The third-order valence-electron chi connectivity index (χ3n) is 4.38. The minimum atomic E-state index is -0.557. The monoisotopic (exact) mass is 334 g/mol. The van der Waals surface area contributed by atoms with Gasteiger partial charge in [-0.1, -0.05) is 30.3 Å². The quantitative estimate of drug-likeness (QED) is 0.931. The van der Waals surface area contributed by atoms with Crippen molar-refractivity contribution in [1.82, 2.24) is 20.0 Å². The van der Waals surface area contributed by atoms with Gasteiger partial charge < -0.3 is 10.2 Å². The molecule has 124 valence electrons. The fourth-order valence-corrected chi connectivity index (χ4v) is 3.19. The number of halogens is 1. The van der Waals surface area contributed by atoms with Crippen LogP contribution in [0.4, 0.5) is 0 Å². The number of piperidine rings is 1. The van der Waals surface area contributed by atoms with Crippen LogP contribution >= 0.6 is 12.4 Å². The largest absolute Gasteiger partial charge is 0.339 e. The number of likely N-dealkylation sites (N-methyl/N-ethyl adjacent to an activating group) is 1. The summed E-state index contributed by atoms with van der Waals surface area (Å²) < 4.78 is 1.84. The van der Waals surface area contributed by atoms with Gasteiger partial charge in [-0.25, -0.2) is 0 Å². The Kier molecular flexibility index (Phi) is 5.80. The molecule has 0 aliphatic carbocycles. The highest BCUT2D eigenvalue weighted by Crippen LogP contribution is 2.29. The van der Waals surface area contributed by atoms with Crippen LogP contribution in [0, 0.1) is 0 Å². The normalized spacial score (nSPS) is 16.4. The predicted octanol–water partition coefficient (Wildman–Crippen LogP) is 2.04. The SMILES string of the molecule is CN(Cc1ccccc1)C(=O)C1(n2cccn2)CCNCC1.Cl. The third kappa shape index (κ3) is 3.57. The Bertz CT molecular complexity index is 609. The van der Waals surface area contributed by atoms with Crippen molar-refractivity contribution in [3.05, 3.63) is 54.4 Å². The fourth-order valence-electron chi connectivity index (χ4n) is 3.19. The Morgan fingerprint density at radius 1 is 1.26 bits per heavy atom. The lowest BCUT2D eigenvalue weighted by Crippen LogP contribution is -2.54. The van der Waals surface area contributed by atoms with Gasteiger partial charge >= 0.3 is 0 Å². The number of benzene rings is 1. The number of carbonyl (C=O) groups is 1. The van der Waals surface area contributed by atoms with E-state index in [2.05, 4.69) is 10.4 Å². The van der Waals surface area contributed by atoms with Crippen LogP contribution in [-0.4, -0.2) is 40.7 Å². The van der Waals surface area contributed by atoms with Crippen molar-refractivity contribution in [2.45, 2.75) is 24.9 Å². The summed E-state index contributed by atoms with van der Waals surface area (Å²) in [5.41, 5.74) is 0.584. The zero-order chi connectivity index (χ0) is 15.4. The molecule has 5 nitrogen and oxygen atoms in total. The molecular formula is C17H23ClN4O. The summed E-state index contributed by atoms with van der Waals surface area (Å²) in [5, 5.41) is 7.70. The van der Waals surface area contributed by atoms with Gasteiger partial charge in [-0.2, -0.15) is 5.10 Å². The van der Waals surface area contributed by atoms with Crippen molar-refractivity contribution in [3.63, 3.8) is 0 Å². The molecule has 2 heterocycles. The van der Waals surface area contributed by atoms with Crippen LogP contribution in [-0.2, 0) is 16.9 Å². The molecule has 2 aromatic rings. The molecule has 1 aromatic carbocycles. The maximum absolute atomic E-state index is 13.2. The molecule has 0 spiro atoms. The van der Waals surface area contributed by atoms with Crippen molar-refractivity contribution < 1.29 is 4.79 Å². The lowest BCUT2D eigenvalue weighted by molar-refractivity contribution is -0.142. The van der Waals surface area contributed by atoms with Gasteiger partial charge in [-0.15, -0.1) is 12.4 Å². The Balaban J connectivity index is 0.00000192. The highest BCUT2D eigenvalue weighted by atomic mass is 35.5. The second-order valence-electron chi connectivity index (χ2n) is 5.88. The van der Waals surface area contributed by atoms with E-state index >= 15 is 0 Å². The van der Waals surface area contributed by atoms with Gasteiger partial charge in [-0.05, 0) is 37.6 Å². The van der Waals surface area contributed by atoms with E-state index in [1.54, 1.807) is 6.20 Å². The van der Waals surface area contributed by atoms with Crippen LogP contribution in [0.1, 0.15) is 18.4 Å². The number of rotatable bonds is 4. The highest BCUT2D eigenvalue weighted by molar-refractivity contribution is 5.85. The van der Waals surface area contributed by atoms with Crippen LogP contribution in [0.15, 0.2) is 48.8 Å². The van der Waals surface area contributed by atoms with Gasteiger partial charge in [0, 0.05) is 26.0 Å². The maximum atomic E-state index is 13.2. The third-order valence-corrected chi connectivity index (χ3v) is 4.38. The second kappa shape index (κ2) is 7.62. The maximum Gasteiger partial charge on any atom is 0.250 e. The first kappa shape index (κ1) is 17.5. The average molecular weight is 335 g/mol. The van der Waals surface area contributed by atoms with Crippen LogP contribution in [0.25, 0.3) is 0 Å². The van der Waals surface area contributed by atoms with Crippen molar-refractivity contribution in [3.8, 4) is 0 Å². The molecule has 23 heavy (non-hydrogen) atoms. The molecule has 1 fully saturated rings. The van der Waals surface area contributed by atoms with E-state index in [1.165, 1.54) is 0 Å². The van der Waals surface area contributed by atoms with Gasteiger partial charge in [0.05, 0.1) is 0 Å². The summed E-state index contributed by atoms with van der Waals surface area (Å²) in [4.78, 5) is 15.0. The number of aromatic nitrogens is 2. The van der Waals surface area contributed by atoms with Gasteiger partial charge in [0.25, 0.3) is 5.91 Å². The molecule has 1 aliphatic heterocycles. The highest BCUT2D eigenvalue weighted by Gasteiger charge is 2.43. The van der Waals surface area contributed by atoms with Gasteiger partial charge in [0.2, 0.25) is 0 Å². The minimum Gasteiger partial charge on any atom is -0.339 e. The molecule has 0 saturated carbocycles. The average Bonchev–Trinajstić information content (AvgIpc) is 3.11. The second-order valence-corrected chi connectivity index (χ2v) is 5.88. The zero-order valence-electron chi connectivity index (χ0n) is 13.3. The number of amides is 1. The lowest BCUT2D eigenvalue weighted by Gasteiger charge is -2.39. The summed E-state index contributed by atoms with van der Waals surface area (Å²) >= 11 is 0. The fraction of sp³-hybridized carbons (Fsp3) is 0.412. The summed E-state index contributed by atoms with van der Waals surface area (Å²) in [6.07, 6.45) is 5.19. The van der Waals surface area contributed by atoms with Crippen molar-refractivity contribution in [2.24, 2.45) is 0 Å². The zero-order valence-corrected chi connectivity index (χ0v) is 14.1. The number of carbonyl (C=O) groups excluding carboxylic acids is 1. The van der Waals surface area contributed by atoms with Crippen LogP contribution < -0.4 is 5.32 Å². The standard InChI is InChI=1S/C17H22N4O.ClH/c1-20(14-15-6-3-2-4-7-15)16(22)17(8-11-18-12-9-17)21-13-5-10-19-21;/h2-7,10,13,18H,8-9,11-12,14H2,1H3;1H. The Morgan fingerprint density at radius 2 is 1.96 bits per heavy atom. The molecular weight excluding hydrogens is 312 g/mol. The molecule has 0 atom stereocenters. The molecule has 0 radical (unpaired) electrons. The molecule has 1 saturated heterocycles. The Morgan fingerprint density at radius 3 is 2.57 bits per heavy atom. The number of hydrogen-bond donors (Lipinski definition) is 1. The number of hydrogen-bond acceptors (Lipinski definition) is 3. The van der Waals surface area contributed by atoms with E-state index in [9.17, 15) is 4.79 Å². The number of nitrogens with one attached hydrogen (secondary N) is 1. The first-order valence-corrected chi connectivity index (χ1v) is 7.73. The van der Waals surface area contributed by atoms with Crippen LogP contribution in [0.5, 0.6) is 0 Å². The van der Waals surface area contributed by atoms with Crippen molar-refractivity contribution in [2.75, 3.05) is 20.1 Å². The van der Waals surface area contributed by atoms with E-state index < -0.39 is 5.54 Å². The summed E-state index contributed by atoms with van der Waals surface area (Å²) in [5.74, 6) is 0.140. The van der Waals surface area contributed by atoms with Crippen LogP contribution in [0.2, 0.25) is 0 Å². The van der Waals surface area contributed by atoms with Crippen molar-refractivity contribution >= 4 is 18.3 Å². The van der Waals surface area contributed by atoms with Crippen molar-refractivity contribution in [1.29, 1.82) is 0 Å². The predicted molar refractivity (Wildman–Crippen MR) is 92.5 cm³/mol. The van der Waals surface area contributed by atoms with Crippen LogP contribution in [0.3, 0.4) is 0 Å². The molecule has 1 N–H and O–H groups in total. The minimum absolute atomic E-state index is 0. The van der Waals surface area contributed by atoms with E-state index in [0.717, 1.165) is 31.5 Å². The molecule has 1 amide bonds. The molecule has 1 aromatic heterocycles. The summed E-state index contributed by atoms with van der Waals surface area (Å²) in [6, 6.07) is 12.0. The summed E-state index contributed by atoms with van der Waals surface area (Å²) in [7, 11) is 1.88. The molecule has 6 heteroatoms. The van der Waals surface area contributed by atoms with E-state index in [4.69, 9.17) is 0 Å². The van der Waals surface area contributed by atoms with E-state index in [-0.39, 0.29) is 18.3 Å². The smallest absolute Gasteiger partial charge is 0.250 e. The lowest BCUT2D eigenvalue weighted by atomic mass is 9.86. The summed E-state index contributed by atoms with van der Waals surface area (Å²) in [6.45, 7) is 2.30. The molecule has 1 aliphatic rings. The molecule has 0 bridgehead atoms. The molecule has 3 rings (SSSR count). The van der Waals surface area contributed by atoms with Gasteiger partial charge in [0.15, 0.2) is 0 Å². The Hall–Kier alpha value is -1.85. The molecule has 0 unspecified atom stereocenters. The first-order chi connectivity index (χ1) is 10.7. The van der Waals surface area contributed by atoms with E-state index in [1.807, 2.05) is 59.2 Å². The number of nitrogens with zero attached hydrogens (tertiary/aromatic N) is 3. The Labute approximate surface area is 143 Å².